The van der Waals surface area contributed by atoms with Gasteiger partial charge in [0.1, 0.15) is 28.7 Å². The summed E-state index contributed by atoms with van der Waals surface area (Å²) < 4.78 is 71.4. The second-order valence-corrected chi connectivity index (χ2v) is 6.16. The van der Waals surface area contributed by atoms with Crippen LogP contribution in [0, 0.1) is 18.6 Å². The standard InChI is InChI=1S/C21H14F5NO2/c1-12-5-6-13(21(24,25)26)11-18(12)29-15-9-7-14(8-10-15)27-20(28)19-16(22)3-2-4-17(19)23/h2-11H,1H3,(H,27,28). The van der Waals surface area contributed by atoms with Crippen molar-refractivity contribution in [3.63, 3.8) is 0 Å². The number of hydrogen-bond donors (Lipinski definition) is 1. The lowest BCUT2D eigenvalue weighted by Gasteiger charge is -2.13. The van der Waals surface area contributed by atoms with Gasteiger partial charge >= 0.3 is 6.18 Å². The Morgan fingerprint density at radius 2 is 1.55 bits per heavy atom. The zero-order chi connectivity index (χ0) is 21.2. The summed E-state index contributed by atoms with van der Waals surface area (Å²) in [5.41, 5.74) is -0.822. The summed E-state index contributed by atoms with van der Waals surface area (Å²) >= 11 is 0. The highest BCUT2D eigenvalue weighted by molar-refractivity contribution is 6.04. The molecular formula is C21H14F5NO2. The van der Waals surface area contributed by atoms with E-state index >= 15 is 0 Å². The molecule has 0 heterocycles. The van der Waals surface area contributed by atoms with Crippen LogP contribution < -0.4 is 10.1 Å². The smallest absolute Gasteiger partial charge is 0.416 e. The number of carbonyl (C=O) groups excluding carboxylic acids is 1. The van der Waals surface area contributed by atoms with Gasteiger partial charge in [0.05, 0.1) is 5.56 Å². The third kappa shape index (κ3) is 4.71. The SMILES string of the molecule is Cc1ccc(C(F)(F)F)cc1Oc1ccc(NC(=O)c2c(F)cccc2F)cc1. The normalized spacial score (nSPS) is 11.2. The summed E-state index contributed by atoms with van der Waals surface area (Å²) in [5, 5.41) is 2.35. The predicted molar refractivity (Wildman–Crippen MR) is 97.0 cm³/mol. The summed E-state index contributed by atoms with van der Waals surface area (Å²) in [6.45, 7) is 1.60. The van der Waals surface area contributed by atoms with Crippen molar-refractivity contribution in [3.05, 3.63) is 89.0 Å². The van der Waals surface area contributed by atoms with E-state index in [1.165, 1.54) is 30.3 Å². The number of alkyl halides is 3. The van der Waals surface area contributed by atoms with E-state index in [1.54, 1.807) is 6.92 Å². The molecule has 0 aliphatic carbocycles. The van der Waals surface area contributed by atoms with Gasteiger partial charge in [-0.3, -0.25) is 4.79 Å². The molecule has 3 rings (SSSR count). The molecule has 1 N–H and O–H groups in total. The molecule has 0 aliphatic heterocycles. The molecular weight excluding hydrogens is 393 g/mol. The van der Waals surface area contributed by atoms with Crippen LogP contribution in [0.15, 0.2) is 60.7 Å². The van der Waals surface area contributed by atoms with E-state index < -0.39 is 34.8 Å². The number of ether oxygens (including phenoxy) is 1. The number of aryl methyl sites for hydroxylation is 1. The molecule has 150 valence electrons. The fourth-order valence-electron chi connectivity index (χ4n) is 2.53. The molecule has 0 bridgehead atoms. The van der Waals surface area contributed by atoms with Gasteiger partial charge in [0.15, 0.2) is 0 Å². The van der Waals surface area contributed by atoms with Crippen LogP contribution in [-0.2, 0) is 6.18 Å². The van der Waals surface area contributed by atoms with Crippen molar-refractivity contribution >= 4 is 11.6 Å². The Bertz CT molecular complexity index is 1030. The maximum Gasteiger partial charge on any atom is 0.416 e. The molecule has 0 atom stereocenters. The van der Waals surface area contributed by atoms with Gasteiger partial charge in [-0.05, 0) is 61.0 Å². The highest BCUT2D eigenvalue weighted by Crippen LogP contribution is 2.34. The van der Waals surface area contributed by atoms with E-state index in [0.29, 0.717) is 5.56 Å². The topological polar surface area (TPSA) is 38.3 Å². The highest BCUT2D eigenvalue weighted by Gasteiger charge is 2.31. The summed E-state index contributed by atoms with van der Waals surface area (Å²) in [6, 6.07) is 11.8. The third-order valence-electron chi connectivity index (χ3n) is 4.05. The highest BCUT2D eigenvalue weighted by atomic mass is 19.4. The number of anilines is 1. The Hall–Kier alpha value is -3.42. The van der Waals surface area contributed by atoms with Gasteiger partial charge in [-0.25, -0.2) is 8.78 Å². The lowest BCUT2D eigenvalue weighted by Crippen LogP contribution is -2.15. The van der Waals surface area contributed by atoms with Crippen LogP contribution >= 0.6 is 0 Å². The average molecular weight is 407 g/mol. The third-order valence-corrected chi connectivity index (χ3v) is 4.05. The molecule has 0 aliphatic rings. The maximum absolute atomic E-state index is 13.7. The molecule has 0 fully saturated rings. The van der Waals surface area contributed by atoms with E-state index in [1.807, 2.05) is 0 Å². The first kappa shape index (κ1) is 20.3. The van der Waals surface area contributed by atoms with Crippen LogP contribution in [0.2, 0.25) is 0 Å². The number of benzene rings is 3. The average Bonchev–Trinajstić information content (AvgIpc) is 2.64. The van der Waals surface area contributed by atoms with Crippen LogP contribution in [0.3, 0.4) is 0 Å². The van der Waals surface area contributed by atoms with Crippen molar-refractivity contribution in [1.82, 2.24) is 0 Å². The van der Waals surface area contributed by atoms with Gasteiger partial charge in [0.25, 0.3) is 5.91 Å². The van der Waals surface area contributed by atoms with Crippen molar-refractivity contribution in [3.8, 4) is 11.5 Å². The van der Waals surface area contributed by atoms with E-state index in [-0.39, 0.29) is 17.2 Å². The molecule has 0 unspecified atom stereocenters. The molecule has 3 aromatic rings. The Balaban J connectivity index is 1.75. The lowest BCUT2D eigenvalue weighted by molar-refractivity contribution is -0.137. The summed E-state index contributed by atoms with van der Waals surface area (Å²) in [5.74, 6) is -2.71. The minimum absolute atomic E-state index is 0.0324. The number of rotatable bonds is 4. The van der Waals surface area contributed by atoms with Crippen molar-refractivity contribution < 1.29 is 31.5 Å². The summed E-state index contributed by atoms with van der Waals surface area (Å²) in [4.78, 5) is 12.1. The van der Waals surface area contributed by atoms with E-state index in [9.17, 15) is 26.7 Å². The zero-order valence-corrected chi connectivity index (χ0v) is 15.0. The van der Waals surface area contributed by atoms with Gasteiger partial charge in [0.2, 0.25) is 0 Å². The van der Waals surface area contributed by atoms with Crippen molar-refractivity contribution in [2.45, 2.75) is 13.1 Å². The molecule has 29 heavy (non-hydrogen) atoms. The van der Waals surface area contributed by atoms with Gasteiger partial charge in [-0.1, -0.05) is 12.1 Å². The Morgan fingerprint density at radius 3 is 2.14 bits per heavy atom. The van der Waals surface area contributed by atoms with E-state index in [0.717, 1.165) is 30.3 Å². The van der Waals surface area contributed by atoms with Crippen molar-refractivity contribution in [2.24, 2.45) is 0 Å². The van der Waals surface area contributed by atoms with E-state index in [4.69, 9.17) is 4.74 Å². The zero-order valence-electron chi connectivity index (χ0n) is 15.0. The largest absolute Gasteiger partial charge is 0.457 e. The van der Waals surface area contributed by atoms with Gasteiger partial charge in [-0.15, -0.1) is 0 Å². The first-order valence-corrected chi connectivity index (χ1v) is 8.36. The second-order valence-electron chi connectivity index (χ2n) is 6.16. The van der Waals surface area contributed by atoms with Crippen LogP contribution in [-0.4, -0.2) is 5.91 Å². The van der Waals surface area contributed by atoms with Crippen LogP contribution in [0.1, 0.15) is 21.5 Å². The Morgan fingerprint density at radius 1 is 0.931 bits per heavy atom. The Labute approximate surface area is 162 Å². The molecule has 0 saturated heterocycles. The first-order chi connectivity index (χ1) is 13.6. The summed E-state index contributed by atoms with van der Waals surface area (Å²) in [6.07, 6.45) is -4.50. The number of carbonyl (C=O) groups is 1. The Kier molecular flexibility index (Phi) is 5.54. The fourth-order valence-corrected chi connectivity index (χ4v) is 2.53. The first-order valence-electron chi connectivity index (χ1n) is 8.36. The quantitative estimate of drug-likeness (QED) is 0.513. The molecule has 0 saturated carbocycles. The van der Waals surface area contributed by atoms with Crippen molar-refractivity contribution in [2.75, 3.05) is 5.32 Å². The monoisotopic (exact) mass is 407 g/mol. The fraction of sp³-hybridized carbons (Fsp3) is 0.0952. The molecule has 3 nitrogen and oxygen atoms in total. The number of nitrogens with one attached hydrogen (secondary N) is 1. The molecule has 8 heteroatoms. The molecule has 0 spiro atoms. The summed E-state index contributed by atoms with van der Waals surface area (Å²) in [7, 11) is 0. The minimum Gasteiger partial charge on any atom is -0.457 e. The van der Waals surface area contributed by atoms with Gasteiger partial charge < -0.3 is 10.1 Å². The van der Waals surface area contributed by atoms with Crippen LogP contribution in [0.4, 0.5) is 27.6 Å². The number of halogens is 5. The maximum atomic E-state index is 13.7. The van der Waals surface area contributed by atoms with Crippen LogP contribution in [0.25, 0.3) is 0 Å². The molecule has 0 radical (unpaired) electrons. The second kappa shape index (κ2) is 7.90. The van der Waals surface area contributed by atoms with Gasteiger partial charge in [0, 0.05) is 5.69 Å². The lowest BCUT2D eigenvalue weighted by atomic mass is 10.1. The van der Waals surface area contributed by atoms with Crippen molar-refractivity contribution in [1.29, 1.82) is 0 Å². The van der Waals surface area contributed by atoms with Crippen LogP contribution in [0.5, 0.6) is 11.5 Å². The minimum atomic E-state index is -4.50. The molecule has 3 aromatic carbocycles. The van der Waals surface area contributed by atoms with E-state index in [2.05, 4.69) is 5.32 Å². The number of amides is 1. The van der Waals surface area contributed by atoms with Gasteiger partial charge in [-0.2, -0.15) is 13.2 Å². The number of hydrogen-bond acceptors (Lipinski definition) is 2. The molecule has 1 amide bonds. The predicted octanol–water partition coefficient (Wildman–Crippen LogP) is 6.34. The molecule has 0 aromatic heterocycles.